The second-order valence-electron chi connectivity index (χ2n) is 9.30. The molecule has 1 aromatic heterocycles. The van der Waals surface area contributed by atoms with Gasteiger partial charge in [-0.1, -0.05) is 29.9 Å². The summed E-state index contributed by atoms with van der Waals surface area (Å²) >= 11 is 1.41. The van der Waals surface area contributed by atoms with Crippen LogP contribution in [-0.4, -0.2) is 36.0 Å². The molecule has 1 fully saturated rings. The summed E-state index contributed by atoms with van der Waals surface area (Å²) < 4.78 is 18.6. The number of nitrogens with zero attached hydrogens (tertiary/aromatic N) is 2. The van der Waals surface area contributed by atoms with Crippen LogP contribution in [0.3, 0.4) is 0 Å². The number of carbonyl (C=O) groups is 2. The molecular weight excluding hydrogens is 476 g/mol. The molecule has 3 aromatic rings. The van der Waals surface area contributed by atoms with Gasteiger partial charge in [0.05, 0.1) is 41.0 Å². The molecule has 8 heteroatoms. The summed E-state index contributed by atoms with van der Waals surface area (Å²) in [7, 11) is 0. The number of carbonyl (C=O) groups excluding carboxylic acids is 2. The normalized spacial score (nSPS) is 23.5. The molecule has 2 aliphatic heterocycles. The maximum Gasteiger partial charge on any atom is 0.296 e. The Bertz CT molecular complexity index is 1380. The lowest BCUT2D eigenvalue weighted by Gasteiger charge is -2.35. The van der Waals surface area contributed by atoms with Crippen LogP contribution in [0.2, 0.25) is 0 Å². The molecule has 0 radical (unpaired) electrons. The molecule has 36 heavy (non-hydrogen) atoms. The maximum absolute atomic E-state index is 13.9. The summed E-state index contributed by atoms with van der Waals surface area (Å²) in [4.78, 5) is 34.2. The number of ketones is 1. The molecule has 0 saturated heterocycles. The van der Waals surface area contributed by atoms with Gasteiger partial charge in [-0.15, -0.1) is 0 Å². The van der Waals surface area contributed by atoms with Crippen molar-refractivity contribution in [1.82, 2.24) is 4.98 Å². The van der Waals surface area contributed by atoms with Gasteiger partial charge in [0.15, 0.2) is 16.7 Å². The van der Waals surface area contributed by atoms with Crippen molar-refractivity contribution >= 4 is 38.4 Å². The van der Waals surface area contributed by atoms with Gasteiger partial charge in [0.1, 0.15) is 17.6 Å². The van der Waals surface area contributed by atoms with E-state index in [-0.39, 0.29) is 29.5 Å². The molecule has 7 nitrogen and oxygen atoms in total. The molecule has 3 atom stereocenters. The highest BCUT2D eigenvalue weighted by molar-refractivity contribution is 7.22. The fraction of sp³-hybridized carbons (Fsp3) is 0.393. The molecule has 1 saturated carbocycles. The molecular formula is C28H28N2O5S. The Labute approximate surface area is 213 Å². The minimum absolute atomic E-state index is 0.0309. The predicted molar refractivity (Wildman–Crippen MR) is 137 cm³/mol. The van der Waals surface area contributed by atoms with Crippen molar-refractivity contribution in [3.63, 3.8) is 0 Å². The van der Waals surface area contributed by atoms with Crippen molar-refractivity contribution in [1.29, 1.82) is 0 Å². The van der Waals surface area contributed by atoms with Crippen molar-refractivity contribution in [2.45, 2.75) is 51.7 Å². The van der Waals surface area contributed by atoms with Crippen LogP contribution in [0, 0.1) is 5.92 Å². The van der Waals surface area contributed by atoms with Crippen LogP contribution in [0.1, 0.15) is 51.1 Å². The zero-order chi connectivity index (χ0) is 24.8. The van der Waals surface area contributed by atoms with Crippen molar-refractivity contribution in [3.05, 3.63) is 59.4 Å². The lowest BCUT2D eigenvalue weighted by Crippen LogP contribution is -2.39. The topological polar surface area (TPSA) is 78.0 Å². The monoisotopic (exact) mass is 504 g/mol. The highest BCUT2D eigenvalue weighted by atomic mass is 32.1. The van der Waals surface area contributed by atoms with E-state index in [4.69, 9.17) is 19.2 Å². The molecule has 1 aliphatic carbocycles. The molecule has 2 aromatic carbocycles. The first-order chi connectivity index (χ1) is 17.6. The van der Waals surface area contributed by atoms with Gasteiger partial charge in [0.25, 0.3) is 5.91 Å². The number of thiazole rings is 1. The van der Waals surface area contributed by atoms with Gasteiger partial charge in [-0.25, -0.2) is 4.98 Å². The Morgan fingerprint density at radius 3 is 2.61 bits per heavy atom. The second kappa shape index (κ2) is 9.24. The molecule has 0 N–H and O–H groups in total. The standard InChI is InChI=1S/C28H28N2O5S/c1-3-33-17-9-7-8-16(14-17)24-23-25(31)19-10-5-6-11-21(19)35-26(23)27(32)30(24)28-29-20-13-12-18(34-4-2)15-22(20)36-28/h7-9,12-15,19,21,24H,3-6,10-11H2,1-2H3. The number of ether oxygens (including phenoxy) is 3. The largest absolute Gasteiger partial charge is 0.494 e. The zero-order valence-electron chi connectivity index (χ0n) is 20.4. The van der Waals surface area contributed by atoms with E-state index in [2.05, 4.69) is 0 Å². The molecule has 6 rings (SSSR count). The average Bonchev–Trinajstić information content (AvgIpc) is 3.43. The number of rotatable bonds is 6. The number of anilines is 1. The fourth-order valence-electron chi connectivity index (χ4n) is 5.55. The van der Waals surface area contributed by atoms with E-state index in [0.717, 1.165) is 47.2 Å². The van der Waals surface area contributed by atoms with Crippen LogP contribution in [0.5, 0.6) is 11.5 Å². The average molecular weight is 505 g/mol. The number of benzene rings is 2. The van der Waals surface area contributed by atoms with E-state index in [1.807, 2.05) is 56.3 Å². The fourth-order valence-corrected chi connectivity index (χ4v) is 6.57. The van der Waals surface area contributed by atoms with E-state index in [1.54, 1.807) is 4.90 Å². The Morgan fingerprint density at radius 2 is 1.81 bits per heavy atom. The maximum atomic E-state index is 13.9. The van der Waals surface area contributed by atoms with Gasteiger partial charge >= 0.3 is 0 Å². The van der Waals surface area contributed by atoms with E-state index < -0.39 is 6.04 Å². The smallest absolute Gasteiger partial charge is 0.296 e. The molecule has 186 valence electrons. The third-order valence-corrected chi connectivity index (χ3v) is 8.13. The number of fused-ring (bicyclic) bond motifs is 2. The van der Waals surface area contributed by atoms with E-state index in [0.29, 0.717) is 29.7 Å². The van der Waals surface area contributed by atoms with Crippen LogP contribution in [0.4, 0.5) is 5.13 Å². The van der Waals surface area contributed by atoms with E-state index in [1.165, 1.54) is 11.3 Å². The lowest BCUT2D eigenvalue weighted by molar-refractivity contribution is -0.131. The predicted octanol–water partition coefficient (Wildman–Crippen LogP) is 5.59. The summed E-state index contributed by atoms with van der Waals surface area (Å²) in [5.41, 5.74) is 2.03. The molecule has 3 aliphatic rings. The van der Waals surface area contributed by atoms with Gasteiger partial charge in [0, 0.05) is 0 Å². The highest BCUT2D eigenvalue weighted by Gasteiger charge is 2.53. The summed E-state index contributed by atoms with van der Waals surface area (Å²) in [6.07, 6.45) is 3.37. The molecule has 0 bridgehead atoms. The van der Waals surface area contributed by atoms with Crippen LogP contribution in [0.15, 0.2) is 53.8 Å². The number of hydrogen-bond donors (Lipinski definition) is 0. The van der Waals surface area contributed by atoms with Crippen molar-refractivity contribution in [2.75, 3.05) is 18.1 Å². The van der Waals surface area contributed by atoms with Gasteiger partial charge in [0.2, 0.25) is 0 Å². The summed E-state index contributed by atoms with van der Waals surface area (Å²) in [6.45, 7) is 4.96. The number of aromatic nitrogens is 1. The minimum atomic E-state index is -0.616. The first-order valence-electron chi connectivity index (χ1n) is 12.6. The van der Waals surface area contributed by atoms with Crippen molar-refractivity contribution in [2.24, 2.45) is 5.92 Å². The van der Waals surface area contributed by atoms with Crippen LogP contribution >= 0.6 is 11.3 Å². The molecule has 3 unspecified atom stereocenters. The van der Waals surface area contributed by atoms with Crippen LogP contribution in [-0.2, 0) is 14.3 Å². The Hall–Kier alpha value is -3.39. The Morgan fingerprint density at radius 1 is 1.03 bits per heavy atom. The first kappa shape index (κ1) is 23.0. The summed E-state index contributed by atoms with van der Waals surface area (Å²) in [6, 6.07) is 12.7. The third kappa shape index (κ3) is 3.75. The first-order valence-corrected chi connectivity index (χ1v) is 13.5. The number of hydrogen-bond acceptors (Lipinski definition) is 7. The Balaban J connectivity index is 1.48. The lowest BCUT2D eigenvalue weighted by atomic mass is 9.77. The second-order valence-corrected chi connectivity index (χ2v) is 10.3. The van der Waals surface area contributed by atoms with E-state index >= 15 is 0 Å². The SMILES string of the molecule is CCOc1cccc(C2C3=C(OC4CCCCC4C3=O)C(=O)N2c2nc3ccc(OCC)cc3s2)c1. The Kier molecular flexibility index (Phi) is 5.91. The van der Waals surface area contributed by atoms with Crippen molar-refractivity contribution in [3.8, 4) is 11.5 Å². The van der Waals surface area contributed by atoms with Gasteiger partial charge < -0.3 is 14.2 Å². The summed E-state index contributed by atoms with van der Waals surface area (Å²) in [5, 5.41) is 0.532. The molecule has 1 amide bonds. The zero-order valence-corrected chi connectivity index (χ0v) is 21.2. The van der Waals surface area contributed by atoms with Crippen LogP contribution in [0.25, 0.3) is 10.2 Å². The van der Waals surface area contributed by atoms with E-state index in [9.17, 15) is 9.59 Å². The number of Topliss-reactive ketones (excluding diaryl/α,β-unsaturated/α-hetero) is 1. The highest BCUT2D eigenvalue weighted by Crippen LogP contribution is 2.49. The minimum Gasteiger partial charge on any atom is -0.494 e. The van der Waals surface area contributed by atoms with Gasteiger partial charge in [-0.05, 0) is 69.0 Å². The third-order valence-electron chi connectivity index (χ3n) is 7.11. The molecule has 0 spiro atoms. The van der Waals surface area contributed by atoms with Crippen molar-refractivity contribution < 1.29 is 23.8 Å². The van der Waals surface area contributed by atoms with Gasteiger partial charge in [-0.2, -0.15) is 0 Å². The summed E-state index contributed by atoms with van der Waals surface area (Å²) in [5.74, 6) is 1.16. The quantitative estimate of drug-likeness (QED) is 0.435. The number of amides is 1. The van der Waals surface area contributed by atoms with Crippen LogP contribution < -0.4 is 14.4 Å². The van der Waals surface area contributed by atoms with Gasteiger partial charge in [-0.3, -0.25) is 14.5 Å². The molecule has 3 heterocycles.